The van der Waals surface area contributed by atoms with Crippen molar-refractivity contribution in [2.45, 2.75) is 47.0 Å². The van der Waals surface area contributed by atoms with Gasteiger partial charge in [-0.3, -0.25) is 9.80 Å². The fourth-order valence-corrected chi connectivity index (χ4v) is 11.4. The van der Waals surface area contributed by atoms with Crippen LogP contribution in [-0.4, -0.2) is 42.1 Å². The van der Waals surface area contributed by atoms with E-state index in [9.17, 15) is 4.79 Å². The number of hydrogen-bond acceptors (Lipinski definition) is 9. The van der Waals surface area contributed by atoms with Crippen molar-refractivity contribution in [3.63, 3.8) is 0 Å². The smallest absolute Gasteiger partial charge is 0.205 e. The quantitative estimate of drug-likeness (QED) is 0.0361. The average Bonchev–Trinajstić information content (AvgIpc) is 1.62. The third-order valence-electron chi connectivity index (χ3n) is 16.3. The first kappa shape index (κ1) is 64.6. The molecule has 0 bridgehead atoms. The van der Waals surface area contributed by atoms with Crippen molar-refractivity contribution in [2.24, 2.45) is 15.3 Å². The fraction of sp³-hybridized carbons (Fsp3) is 0.106. The minimum absolute atomic E-state index is 0.128. The molecular formula is C85H79N9O. The SMILES string of the molecule is C(=NN(c1ccccc1)c1ccccc1)c1ccc(N(Cc2ccccc2)Cc2ccccc2)cc1.CCN(CC)c1ccc(C=NN(Cc2ccccc2)c2ccccc2)cc1.CCn1c2ccccc2c2cc(C(=O)C=NN(c3ccccc3)c3ccccc3)ccc21. The summed E-state index contributed by atoms with van der Waals surface area (Å²) in [5, 5.41) is 22.2. The topological polar surface area (TPSA) is 75.3 Å². The molecule has 0 N–H and O–H groups in total. The van der Waals surface area contributed by atoms with Crippen LogP contribution in [0.3, 0.4) is 0 Å². The van der Waals surface area contributed by atoms with Crippen molar-refractivity contribution < 1.29 is 4.79 Å². The maximum atomic E-state index is 13.1. The average molecular weight is 1240 g/mol. The molecule has 95 heavy (non-hydrogen) atoms. The summed E-state index contributed by atoms with van der Waals surface area (Å²) < 4.78 is 2.28. The number of nitrogens with zero attached hydrogens (tertiary/aromatic N) is 9. The summed E-state index contributed by atoms with van der Waals surface area (Å²) >= 11 is 0. The zero-order valence-corrected chi connectivity index (χ0v) is 54.2. The molecule has 0 radical (unpaired) electrons. The molecule has 0 aliphatic rings. The Balaban J connectivity index is 0.000000147. The number of Topliss-reactive ketones (excluding diaryl/α,β-unsaturated/α-hetero) is 1. The molecule has 13 rings (SSSR count). The molecule has 0 amide bonds. The summed E-state index contributed by atoms with van der Waals surface area (Å²) in [5.74, 6) is -0.128. The van der Waals surface area contributed by atoms with E-state index in [1.165, 1.54) is 39.8 Å². The van der Waals surface area contributed by atoms with Gasteiger partial charge in [-0.25, -0.2) is 10.0 Å². The Morgan fingerprint density at radius 3 is 1.15 bits per heavy atom. The number of hydrogen-bond donors (Lipinski definition) is 0. The number of fused-ring (bicyclic) bond motifs is 3. The van der Waals surface area contributed by atoms with Crippen LogP contribution in [0.5, 0.6) is 0 Å². The molecular weight excluding hydrogens is 1160 g/mol. The van der Waals surface area contributed by atoms with Gasteiger partial charge in [0.2, 0.25) is 5.78 Å². The number of anilines is 7. The van der Waals surface area contributed by atoms with Gasteiger partial charge in [-0.1, -0.05) is 224 Å². The van der Waals surface area contributed by atoms with E-state index < -0.39 is 0 Å². The molecule has 0 saturated heterocycles. The van der Waals surface area contributed by atoms with Crippen molar-refractivity contribution >= 4 is 86.0 Å². The molecule has 12 aromatic carbocycles. The number of aryl methyl sites for hydroxylation is 1. The van der Waals surface area contributed by atoms with Crippen LogP contribution in [0.25, 0.3) is 21.8 Å². The Morgan fingerprint density at radius 2 is 0.705 bits per heavy atom. The standard InChI is InChI=1S/C33H29N3.C28H23N3O.C24H27N3/c1-5-13-29(14-6-1)26-35(27-30-15-7-2-8-16-30)31-23-21-28(22-24-31)25-34-36(32-17-9-3-10-18-32)33-19-11-4-12-20-33;1-2-30-26-16-10-9-15-24(26)25-19-21(17-18-27(25)30)28(32)20-29-31(22-11-5-3-6-12-22)23-13-7-4-8-14-23;1-3-26(4-2)23-17-15-21(16-18-23)19-25-27(24-13-9-6-10-14-24)20-22-11-7-5-8-12-22/h1-25H,26-27H2;3-20H,2H2,1H3;5-19H,3-4,20H2,1-2H3. The van der Waals surface area contributed by atoms with E-state index >= 15 is 0 Å². The number of aromatic nitrogens is 1. The van der Waals surface area contributed by atoms with Gasteiger partial charge in [0.15, 0.2) is 0 Å². The summed E-state index contributed by atoms with van der Waals surface area (Å²) in [7, 11) is 0. The van der Waals surface area contributed by atoms with Gasteiger partial charge in [-0.15, -0.1) is 0 Å². The second-order valence-corrected chi connectivity index (χ2v) is 22.6. The minimum Gasteiger partial charge on any atom is -0.372 e. The molecule has 0 aliphatic carbocycles. The van der Waals surface area contributed by atoms with Gasteiger partial charge in [0.1, 0.15) is 0 Å². The second-order valence-electron chi connectivity index (χ2n) is 22.6. The second kappa shape index (κ2) is 33.4. The predicted octanol–water partition coefficient (Wildman–Crippen LogP) is 20.5. The summed E-state index contributed by atoms with van der Waals surface area (Å²) in [6, 6.07) is 113. The van der Waals surface area contributed by atoms with Gasteiger partial charge in [-0.05, 0) is 158 Å². The number of carbonyl (C=O) groups excluding carboxylic acids is 1. The largest absolute Gasteiger partial charge is 0.372 e. The van der Waals surface area contributed by atoms with Crippen molar-refractivity contribution in [1.82, 2.24) is 4.57 Å². The number of ketones is 1. The van der Waals surface area contributed by atoms with Crippen molar-refractivity contribution in [3.05, 3.63) is 367 Å². The van der Waals surface area contributed by atoms with Crippen LogP contribution in [-0.2, 0) is 26.2 Å². The molecule has 0 atom stereocenters. The molecule has 0 fully saturated rings. The van der Waals surface area contributed by atoms with Crippen molar-refractivity contribution in [2.75, 3.05) is 37.9 Å². The number of para-hydroxylation sites is 6. The maximum Gasteiger partial charge on any atom is 0.205 e. The summed E-state index contributed by atoms with van der Waals surface area (Å²) in [5.41, 5.74) is 16.3. The lowest BCUT2D eigenvalue weighted by Crippen LogP contribution is -2.22. The van der Waals surface area contributed by atoms with Crippen LogP contribution in [0.15, 0.2) is 349 Å². The van der Waals surface area contributed by atoms with Crippen molar-refractivity contribution in [1.29, 1.82) is 0 Å². The lowest BCUT2D eigenvalue weighted by atomic mass is 10.1. The molecule has 0 spiro atoms. The number of carbonyl (C=O) groups is 1. The Bertz CT molecular complexity index is 4390. The lowest BCUT2D eigenvalue weighted by molar-refractivity contribution is 0.107. The minimum atomic E-state index is -0.128. The molecule has 13 aromatic rings. The first-order valence-corrected chi connectivity index (χ1v) is 32.5. The van der Waals surface area contributed by atoms with Gasteiger partial charge >= 0.3 is 0 Å². The van der Waals surface area contributed by atoms with E-state index in [0.717, 1.165) is 95.1 Å². The number of rotatable bonds is 23. The number of benzene rings is 12. The third-order valence-corrected chi connectivity index (χ3v) is 16.3. The van der Waals surface area contributed by atoms with Crippen molar-refractivity contribution in [3.8, 4) is 0 Å². The highest BCUT2D eigenvalue weighted by Gasteiger charge is 2.15. The monoisotopic (exact) mass is 1240 g/mol. The van der Waals surface area contributed by atoms with E-state index in [0.29, 0.717) is 5.56 Å². The Kier molecular flexibility index (Phi) is 22.8. The van der Waals surface area contributed by atoms with Gasteiger partial charge in [-0.2, -0.15) is 15.3 Å². The van der Waals surface area contributed by atoms with Crippen LogP contribution in [0.1, 0.15) is 58.9 Å². The Morgan fingerprint density at radius 1 is 0.337 bits per heavy atom. The zero-order chi connectivity index (χ0) is 65.2. The molecule has 0 aliphatic heterocycles. The normalized spacial score (nSPS) is 11.1. The maximum absolute atomic E-state index is 13.1. The van der Waals surface area contributed by atoms with Gasteiger partial charge in [0.05, 0.1) is 53.6 Å². The van der Waals surface area contributed by atoms with Gasteiger partial charge < -0.3 is 14.4 Å². The fourth-order valence-electron chi connectivity index (χ4n) is 11.4. The van der Waals surface area contributed by atoms with Gasteiger partial charge in [0.25, 0.3) is 0 Å². The van der Waals surface area contributed by atoms with E-state index in [1.807, 2.05) is 174 Å². The Hall–Kier alpha value is -11.9. The van der Waals surface area contributed by atoms with Crippen LogP contribution >= 0.6 is 0 Å². The Labute approximate surface area is 559 Å². The zero-order valence-electron chi connectivity index (χ0n) is 54.2. The van der Waals surface area contributed by atoms with Crippen LogP contribution in [0.2, 0.25) is 0 Å². The third kappa shape index (κ3) is 17.6. The van der Waals surface area contributed by atoms with Gasteiger partial charge in [0, 0.05) is 71.5 Å². The highest BCUT2D eigenvalue weighted by molar-refractivity contribution is 6.36. The molecule has 1 aromatic heterocycles. The lowest BCUT2D eigenvalue weighted by Gasteiger charge is -2.25. The summed E-state index contributed by atoms with van der Waals surface area (Å²) in [4.78, 5) is 17.8. The van der Waals surface area contributed by atoms with Crippen LogP contribution in [0, 0.1) is 0 Å². The molecule has 1 heterocycles. The summed E-state index contributed by atoms with van der Waals surface area (Å²) in [6.07, 6.45) is 5.25. The first-order chi connectivity index (χ1) is 46.9. The van der Waals surface area contributed by atoms with Crippen LogP contribution in [0.4, 0.5) is 39.8 Å². The molecule has 10 heteroatoms. The highest BCUT2D eigenvalue weighted by atomic mass is 16.1. The van der Waals surface area contributed by atoms with E-state index in [4.69, 9.17) is 10.2 Å². The molecule has 10 nitrogen and oxygen atoms in total. The van der Waals surface area contributed by atoms with Crippen LogP contribution < -0.4 is 24.8 Å². The molecule has 0 unspecified atom stereocenters. The highest BCUT2D eigenvalue weighted by Crippen LogP contribution is 2.32. The van der Waals surface area contributed by atoms with E-state index in [1.54, 1.807) is 5.01 Å². The first-order valence-electron chi connectivity index (χ1n) is 32.5. The van der Waals surface area contributed by atoms with E-state index in [-0.39, 0.29) is 5.78 Å². The molecule has 0 saturated carbocycles. The predicted molar refractivity (Wildman–Crippen MR) is 401 cm³/mol. The van der Waals surface area contributed by atoms with E-state index in [2.05, 4.69) is 222 Å². The summed E-state index contributed by atoms with van der Waals surface area (Å²) in [6.45, 7) is 11.8. The number of hydrazone groups is 3. The molecule has 470 valence electrons.